The molecule has 31 heavy (non-hydrogen) atoms. The summed E-state index contributed by atoms with van der Waals surface area (Å²) in [5.41, 5.74) is 0.219. The molecule has 2 aromatic carbocycles. The molecule has 0 saturated carbocycles. The van der Waals surface area contributed by atoms with Crippen LogP contribution in [0.3, 0.4) is 0 Å². The summed E-state index contributed by atoms with van der Waals surface area (Å²) in [4.78, 5) is 33.0. The van der Waals surface area contributed by atoms with Gasteiger partial charge in [-0.1, -0.05) is 25.1 Å². The van der Waals surface area contributed by atoms with Crippen LogP contribution in [0.4, 0.5) is 14.6 Å². The normalized spacial score (nSPS) is 12.4. The minimum atomic E-state index is -0.884. The molecule has 1 atom stereocenters. The fourth-order valence-corrected chi connectivity index (χ4v) is 3.44. The molecular weight excluding hydrogens is 404 g/mol. The van der Waals surface area contributed by atoms with Gasteiger partial charge in [-0.05, 0) is 30.1 Å². The molecule has 0 fully saturated rings. The highest BCUT2D eigenvalue weighted by atomic mass is 19.1. The molecule has 0 aliphatic heterocycles. The van der Waals surface area contributed by atoms with Gasteiger partial charge in [-0.15, -0.1) is 0 Å². The summed E-state index contributed by atoms with van der Waals surface area (Å²) >= 11 is 0. The maximum atomic E-state index is 14.7. The Bertz CT molecular complexity index is 1470. The van der Waals surface area contributed by atoms with Gasteiger partial charge in [-0.2, -0.15) is 0 Å². The number of nitrogens with zero attached hydrogens (tertiary/aromatic N) is 6. The number of rotatable bonds is 4. The topological polar surface area (TPSA) is 103 Å². The second-order valence-electron chi connectivity index (χ2n) is 6.80. The first-order chi connectivity index (χ1) is 15.0. The zero-order chi connectivity index (χ0) is 21.5. The van der Waals surface area contributed by atoms with Crippen LogP contribution >= 0.6 is 0 Å². The largest absolute Gasteiger partial charge is 0.453 e. The minimum Gasteiger partial charge on any atom is -0.453 e. The molecule has 3 heterocycles. The monoisotopic (exact) mass is 418 g/mol. The van der Waals surface area contributed by atoms with Gasteiger partial charge in [0.2, 0.25) is 0 Å². The Morgan fingerprint density at radius 3 is 2.61 bits per heavy atom. The van der Waals surface area contributed by atoms with Crippen molar-refractivity contribution < 1.29 is 8.78 Å². The lowest BCUT2D eigenvalue weighted by atomic mass is 10.2. The third-order valence-electron chi connectivity index (χ3n) is 4.86. The van der Waals surface area contributed by atoms with E-state index in [-0.39, 0.29) is 17.0 Å². The van der Waals surface area contributed by atoms with Crippen LogP contribution < -0.4 is 5.56 Å². The third-order valence-corrected chi connectivity index (χ3v) is 4.86. The first-order valence-corrected chi connectivity index (χ1v) is 9.35. The van der Waals surface area contributed by atoms with E-state index >= 15 is 0 Å². The van der Waals surface area contributed by atoms with E-state index in [2.05, 4.69) is 30.2 Å². The van der Waals surface area contributed by atoms with Gasteiger partial charge >= 0.3 is 0 Å². The molecule has 1 N–H and O–H groups in total. The molecule has 0 aliphatic rings. The summed E-state index contributed by atoms with van der Waals surface area (Å²) in [6, 6.07) is 9.24. The summed E-state index contributed by atoms with van der Waals surface area (Å²) in [5.74, 6) is -1.41. The van der Waals surface area contributed by atoms with Gasteiger partial charge in [0.15, 0.2) is 5.65 Å². The summed E-state index contributed by atoms with van der Waals surface area (Å²) in [7, 11) is 0. The number of halogens is 2. The van der Waals surface area contributed by atoms with E-state index in [1.807, 2.05) is 0 Å². The summed E-state index contributed by atoms with van der Waals surface area (Å²) in [6.45, 7) is 1.66. The van der Waals surface area contributed by atoms with E-state index in [0.29, 0.717) is 16.7 Å². The highest BCUT2D eigenvalue weighted by Gasteiger charge is 2.21. The van der Waals surface area contributed by atoms with E-state index < -0.39 is 28.9 Å². The van der Waals surface area contributed by atoms with Crippen molar-refractivity contribution in [1.29, 1.82) is 0 Å². The van der Waals surface area contributed by atoms with Crippen molar-refractivity contribution in [1.82, 2.24) is 29.5 Å². The smallest absolute Gasteiger partial charge is 0.266 e. The molecule has 5 aromatic rings. The number of nitrogens with one attached hydrogen (secondary N) is 1. The van der Waals surface area contributed by atoms with E-state index in [9.17, 15) is 13.6 Å². The van der Waals surface area contributed by atoms with Crippen molar-refractivity contribution in [2.24, 2.45) is 0 Å². The highest BCUT2D eigenvalue weighted by Crippen LogP contribution is 2.33. The van der Waals surface area contributed by atoms with Crippen molar-refractivity contribution in [2.45, 2.75) is 13.0 Å². The second-order valence-corrected chi connectivity index (χ2v) is 6.80. The minimum absolute atomic E-state index is 0.0685. The van der Waals surface area contributed by atoms with Gasteiger partial charge in [-0.3, -0.25) is 9.36 Å². The fraction of sp³-hybridized carbons (Fsp3) is 0.0952. The van der Waals surface area contributed by atoms with Crippen LogP contribution in [0.2, 0.25) is 0 Å². The maximum absolute atomic E-state index is 14.7. The Labute approximate surface area is 173 Å². The molecule has 0 aliphatic carbocycles. The Hall–Kier alpha value is -4.21. The van der Waals surface area contributed by atoms with Crippen LogP contribution in [-0.2, 0) is 0 Å². The van der Waals surface area contributed by atoms with Crippen LogP contribution in [-0.4, -0.2) is 29.5 Å². The zero-order valence-electron chi connectivity index (χ0n) is 16.1. The molecule has 0 bridgehead atoms. The lowest BCUT2D eigenvalue weighted by Gasteiger charge is -2.25. The Kier molecular flexibility index (Phi) is 4.39. The molecule has 10 heteroatoms. The van der Waals surface area contributed by atoms with Gasteiger partial charge in [0.25, 0.3) is 5.56 Å². The summed E-state index contributed by atoms with van der Waals surface area (Å²) in [5, 5.41) is 4.77. The number of para-hydroxylation sites is 2. The number of imidazole rings is 1. The lowest BCUT2D eigenvalue weighted by Crippen LogP contribution is -2.26. The van der Waals surface area contributed by atoms with Gasteiger partial charge < -0.3 is 15.3 Å². The predicted octanol–water partition coefficient (Wildman–Crippen LogP) is 4.10. The van der Waals surface area contributed by atoms with Crippen molar-refractivity contribution in [3.05, 3.63) is 88.2 Å². The first kappa shape index (κ1) is 18.8. The van der Waals surface area contributed by atoms with Crippen molar-refractivity contribution in [3.8, 4) is 5.69 Å². The van der Waals surface area contributed by atoms with Crippen LogP contribution in [0, 0.1) is 11.6 Å². The Morgan fingerprint density at radius 2 is 1.81 bits per heavy atom. The molecule has 8 nitrogen and oxygen atoms in total. The Balaban J connectivity index is 1.74. The molecule has 0 amide bonds. The molecule has 0 radical (unpaired) electrons. The van der Waals surface area contributed by atoms with E-state index in [1.165, 1.54) is 18.7 Å². The average molecular weight is 418 g/mol. The lowest BCUT2D eigenvalue weighted by molar-refractivity contribution is 0.559. The van der Waals surface area contributed by atoms with Crippen molar-refractivity contribution >= 4 is 27.9 Å². The zero-order valence-corrected chi connectivity index (χ0v) is 16.1. The van der Waals surface area contributed by atoms with Crippen molar-refractivity contribution in [3.63, 3.8) is 0 Å². The highest BCUT2D eigenvalue weighted by molar-refractivity contribution is 5.84. The summed E-state index contributed by atoms with van der Waals surface area (Å²) < 4.78 is 30.3. The number of fused-ring (bicyclic) bond motifs is 2. The molecule has 1 unspecified atom stereocenters. The fourth-order valence-electron chi connectivity index (χ4n) is 3.44. The average Bonchev–Trinajstić information content (AvgIpc) is 3.25. The number of aromatic nitrogens is 6. The predicted molar refractivity (Wildman–Crippen MR) is 110 cm³/mol. The molecule has 154 valence electrons. The quantitative estimate of drug-likeness (QED) is 0.473. The first-order valence-electron chi connectivity index (χ1n) is 9.35. The van der Waals surface area contributed by atoms with Crippen LogP contribution in [0.15, 0.2) is 59.9 Å². The van der Waals surface area contributed by atoms with Gasteiger partial charge in [-0.25, -0.2) is 23.7 Å². The summed E-state index contributed by atoms with van der Waals surface area (Å²) in [6.07, 6.45) is 2.77. The van der Waals surface area contributed by atoms with E-state index in [4.69, 9.17) is 0 Å². The van der Waals surface area contributed by atoms with Crippen LogP contribution in [0.25, 0.3) is 33.1 Å². The standard InChI is InChI=1S/C21H14F2N7O/c1-11(28-19-16-18(25-9-24-16)26-10-27-19)20-29-15-8-3-2-5-12(15)21(31)30(20)17-13(22)6-4-7-14(17)23/h2-11H,1H3,(H-,24,25,26,27,28)/q-1. The SMILES string of the molecule is CC([N-]c1ncnc2nc[nH]c12)c1nc2ccccc2c(=O)n1-c1c(F)cccc1F. The maximum Gasteiger partial charge on any atom is 0.266 e. The molecule has 5 rings (SSSR count). The number of hydrogen-bond acceptors (Lipinski definition) is 5. The van der Waals surface area contributed by atoms with E-state index in [1.54, 1.807) is 31.2 Å². The van der Waals surface area contributed by atoms with Crippen molar-refractivity contribution in [2.75, 3.05) is 0 Å². The number of aromatic amines is 1. The number of hydrogen-bond donors (Lipinski definition) is 1. The Morgan fingerprint density at radius 1 is 1.03 bits per heavy atom. The number of H-pyrrole nitrogens is 1. The third kappa shape index (κ3) is 3.08. The van der Waals surface area contributed by atoms with E-state index in [0.717, 1.165) is 16.7 Å². The second kappa shape index (κ2) is 7.24. The van der Waals surface area contributed by atoms with Crippen LogP contribution in [0.5, 0.6) is 0 Å². The molecular formula is C21H14F2N7O-. The van der Waals surface area contributed by atoms with Gasteiger partial charge in [0.05, 0.1) is 22.7 Å². The molecule has 0 spiro atoms. The van der Waals surface area contributed by atoms with Gasteiger partial charge in [0, 0.05) is 12.4 Å². The molecule has 3 aromatic heterocycles. The number of benzene rings is 2. The molecule has 0 saturated heterocycles. The van der Waals surface area contributed by atoms with Crippen LogP contribution in [0.1, 0.15) is 18.8 Å². The van der Waals surface area contributed by atoms with Gasteiger partial charge in [0.1, 0.15) is 23.1 Å².